The third-order valence-electron chi connectivity index (χ3n) is 4.21. The average molecular weight is 394 g/mol. The van der Waals surface area contributed by atoms with E-state index >= 15 is 0 Å². The molecule has 29 heavy (non-hydrogen) atoms. The van der Waals surface area contributed by atoms with Gasteiger partial charge in [-0.1, -0.05) is 42.5 Å². The van der Waals surface area contributed by atoms with Gasteiger partial charge in [0.15, 0.2) is 12.4 Å². The molecule has 2 atom stereocenters. The molecule has 0 saturated carbocycles. The van der Waals surface area contributed by atoms with Gasteiger partial charge in [0, 0.05) is 0 Å². The van der Waals surface area contributed by atoms with Crippen molar-refractivity contribution in [2.24, 2.45) is 0 Å². The molecule has 0 aliphatic carbocycles. The molecule has 0 spiro atoms. The summed E-state index contributed by atoms with van der Waals surface area (Å²) in [6.07, 6.45) is 1.72. The molecule has 1 N–H and O–H groups in total. The molecule has 0 unspecified atom stereocenters. The number of rotatable bonds is 9. The van der Waals surface area contributed by atoms with E-state index in [0.717, 1.165) is 16.9 Å². The first-order chi connectivity index (χ1) is 14.1. The number of amides is 1. The third-order valence-corrected chi connectivity index (χ3v) is 4.21. The van der Waals surface area contributed by atoms with Crippen LogP contribution in [0.2, 0.25) is 0 Å². The van der Waals surface area contributed by atoms with E-state index in [1.165, 1.54) is 17.3 Å². The fourth-order valence-corrected chi connectivity index (χ4v) is 2.64. The van der Waals surface area contributed by atoms with Gasteiger partial charge in [0.05, 0.1) is 12.6 Å². The normalized spacial score (nSPS) is 12.6. The Hall–Kier alpha value is -3.68. The van der Waals surface area contributed by atoms with Crippen LogP contribution in [0.3, 0.4) is 0 Å². The lowest BCUT2D eigenvalue weighted by atomic mass is 10.1. The molecule has 2 aromatic carbocycles. The van der Waals surface area contributed by atoms with Crippen molar-refractivity contribution in [2.75, 3.05) is 0 Å². The number of benzene rings is 2. The summed E-state index contributed by atoms with van der Waals surface area (Å²) >= 11 is 0. The zero-order valence-electron chi connectivity index (χ0n) is 16.0. The predicted molar refractivity (Wildman–Crippen MR) is 105 cm³/mol. The number of aldehydes is 1. The van der Waals surface area contributed by atoms with E-state index in [-0.39, 0.29) is 12.6 Å². The van der Waals surface area contributed by atoms with Crippen molar-refractivity contribution in [1.29, 1.82) is 0 Å². The second-order valence-electron chi connectivity index (χ2n) is 6.41. The number of aromatic nitrogens is 3. The third kappa shape index (κ3) is 6.17. The summed E-state index contributed by atoms with van der Waals surface area (Å²) < 4.78 is 12.3. The van der Waals surface area contributed by atoms with E-state index in [9.17, 15) is 9.59 Å². The number of carbonyl (C=O) groups excluding carboxylic acids is 2. The minimum atomic E-state index is -0.947. The van der Waals surface area contributed by atoms with Crippen LogP contribution >= 0.6 is 0 Å². The lowest BCUT2D eigenvalue weighted by Gasteiger charge is -2.17. The molecule has 1 heterocycles. The van der Waals surface area contributed by atoms with Crippen LogP contribution in [-0.4, -0.2) is 33.2 Å². The van der Waals surface area contributed by atoms with Crippen molar-refractivity contribution in [1.82, 2.24) is 20.1 Å². The molecule has 0 radical (unpaired) electrons. The van der Waals surface area contributed by atoms with Crippen molar-refractivity contribution in [3.63, 3.8) is 0 Å². The van der Waals surface area contributed by atoms with E-state index in [4.69, 9.17) is 9.47 Å². The van der Waals surface area contributed by atoms with Gasteiger partial charge >= 0.3 is 6.09 Å². The lowest BCUT2D eigenvalue weighted by molar-refractivity contribution is -0.115. The maximum Gasteiger partial charge on any atom is 0.408 e. The van der Waals surface area contributed by atoms with E-state index in [1.807, 2.05) is 61.5 Å². The van der Waals surface area contributed by atoms with Crippen molar-refractivity contribution < 1.29 is 19.1 Å². The minimum absolute atomic E-state index is 0.110. The zero-order valence-corrected chi connectivity index (χ0v) is 16.0. The summed E-state index contributed by atoms with van der Waals surface area (Å²) in [6, 6.07) is 17.0. The van der Waals surface area contributed by atoms with Gasteiger partial charge in [-0.25, -0.2) is 14.5 Å². The number of hydrogen-bond donors (Lipinski definition) is 1. The van der Waals surface area contributed by atoms with Gasteiger partial charge in [0.1, 0.15) is 25.0 Å². The molecule has 1 amide bonds. The highest BCUT2D eigenvalue weighted by Gasteiger charge is 2.17. The van der Waals surface area contributed by atoms with Crippen LogP contribution in [0, 0.1) is 0 Å². The van der Waals surface area contributed by atoms with Crippen LogP contribution in [0.15, 0.2) is 67.3 Å². The highest BCUT2D eigenvalue weighted by molar-refractivity contribution is 5.71. The molecular formula is C21H22N4O4. The van der Waals surface area contributed by atoms with Crippen molar-refractivity contribution in [3.05, 3.63) is 78.4 Å². The number of ether oxygens (including phenoxy) is 2. The Bertz CT molecular complexity index is 898. The summed E-state index contributed by atoms with van der Waals surface area (Å²) in [5, 5.41) is 6.60. The molecule has 0 aliphatic rings. The highest BCUT2D eigenvalue weighted by atomic mass is 16.6. The van der Waals surface area contributed by atoms with E-state index in [2.05, 4.69) is 15.4 Å². The molecule has 0 fully saturated rings. The number of nitrogens with one attached hydrogen (secondary N) is 1. The molecular weight excluding hydrogens is 372 g/mol. The van der Waals surface area contributed by atoms with Gasteiger partial charge in [-0.15, -0.1) is 0 Å². The first-order valence-corrected chi connectivity index (χ1v) is 9.15. The Morgan fingerprint density at radius 1 is 1.17 bits per heavy atom. The van der Waals surface area contributed by atoms with Gasteiger partial charge in [-0.3, -0.25) is 4.79 Å². The predicted octanol–water partition coefficient (Wildman–Crippen LogP) is 2.91. The van der Waals surface area contributed by atoms with Gasteiger partial charge in [0.2, 0.25) is 0 Å². The van der Waals surface area contributed by atoms with Crippen LogP contribution in [-0.2, 0) is 22.7 Å². The Kier molecular flexibility index (Phi) is 6.94. The molecule has 0 bridgehead atoms. The topological polar surface area (TPSA) is 95.3 Å². The number of hydrogen-bond acceptors (Lipinski definition) is 6. The fraction of sp³-hybridized carbons (Fsp3) is 0.238. The van der Waals surface area contributed by atoms with Crippen LogP contribution in [0.1, 0.15) is 24.1 Å². The zero-order chi connectivity index (χ0) is 20.5. The average Bonchev–Trinajstić information content (AvgIpc) is 3.26. The summed E-state index contributed by atoms with van der Waals surface area (Å²) in [5.41, 5.74) is 1.97. The largest absolute Gasteiger partial charge is 0.489 e. The number of carbonyl (C=O) groups is 2. The standard InChI is InChI=1S/C21H22N4O4/c1-16(24-21(27)29-20(12-26)11-25-15-22-14-23-25)18-7-9-19(10-8-18)28-13-17-5-3-2-4-6-17/h2-10,12,14-16,20H,11,13H2,1H3,(H,24,27)/t16-,20+/m0/s1. The SMILES string of the molecule is C[C@H](NC(=O)O[C@@H](C=O)Cn1cncn1)c1ccc(OCc2ccccc2)cc1. The Morgan fingerprint density at radius 3 is 2.59 bits per heavy atom. The highest BCUT2D eigenvalue weighted by Crippen LogP contribution is 2.19. The Morgan fingerprint density at radius 2 is 1.93 bits per heavy atom. The fourth-order valence-electron chi connectivity index (χ4n) is 2.64. The molecule has 3 aromatic rings. The first kappa shape index (κ1) is 20.1. The molecule has 0 saturated heterocycles. The summed E-state index contributed by atoms with van der Waals surface area (Å²) in [4.78, 5) is 27.0. The van der Waals surface area contributed by atoms with Gasteiger partial charge in [-0.05, 0) is 30.2 Å². The minimum Gasteiger partial charge on any atom is -0.489 e. The lowest BCUT2D eigenvalue weighted by Crippen LogP contribution is -2.33. The molecule has 8 nitrogen and oxygen atoms in total. The van der Waals surface area contributed by atoms with Crippen LogP contribution in [0.25, 0.3) is 0 Å². The van der Waals surface area contributed by atoms with Crippen LogP contribution in [0.4, 0.5) is 4.79 Å². The number of nitrogens with zero attached hydrogens (tertiary/aromatic N) is 3. The monoisotopic (exact) mass is 394 g/mol. The smallest absolute Gasteiger partial charge is 0.408 e. The van der Waals surface area contributed by atoms with Crippen LogP contribution in [0.5, 0.6) is 5.75 Å². The van der Waals surface area contributed by atoms with E-state index < -0.39 is 12.2 Å². The summed E-state index contributed by atoms with van der Waals surface area (Å²) in [6.45, 7) is 2.42. The molecule has 150 valence electrons. The maximum absolute atomic E-state index is 12.1. The molecule has 8 heteroatoms. The number of alkyl carbamates (subject to hydrolysis) is 1. The van der Waals surface area contributed by atoms with Gasteiger partial charge in [0.25, 0.3) is 0 Å². The van der Waals surface area contributed by atoms with Crippen LogP contribution < -0.4 is 10.1 Å². The maximum atomic E-state index is 12.1. The first-order valence-electron chi connectivity index (χ1n) is 9.15. The summed E-state index contributed by atoms with van der Waals surface area (Å²) in [5.74, 6) is 0.737. The second-order valence-corrected chi connectivity index (χ2v) is 6.41. The quantitative estimate of drug-likeness (QED) is 0.561. The van der Waals surface area contributed by atoms with Gasteiger partial charge < -0.3 is 14.8 Å². The Balaban J connectivity index is 1.48. The van der Waals surface area contributed by atoms with Crippen molar-refractivity contribution in [2.45, 2.75) is 32.2 Å². The second kappa shape index (κ2) is 10.0. The van der Waals surface area contributed by atoms with Crippen molar-refractivity contribution >= 4 is 12.4 Å². The van der Waals surface area contributed by atoms with E-state index in [1.54, 1.807) is 0 Å². The van der Waals surface area contributed by atoms with E-state index in [0.29, 0.717) is 12.9 Å². The molecule has 3 rings (SSSR count). The van der Waals surface area contributed by atoms with Crippen molar-refractivity contribution in [3.8, 4) is 5.75 Å². The van der Waals surface area contributed by atoms with Gasteiger partial charge in [-0.2, -0.15) is 5.10 Å². The molecule has 1 aromatic heterocycles. The molecule has 0 aliphatic heterocycles. The Labute approximate surface area is 168 Å². The summed E-state index contributed by atoms with van der Waals surface area (Å²) in [7, 11) is 0.